The highest BCUT2D eigenvalue weighted by Crippen LogP contribution is 2.45. The monoisotopic (exact) mass is 636 g/mol. The summed E-state index contributed by atoms with van der Waals surface area (Å²) >= 11 is 0. The minimum absolute atomic E-state index is 0.0640. The summed E-state index contributed by atoms with van der Waals surface area (Å²) in [6.07, 6.45) is -17.7. The zero-order valence-corrected chi connectivity index (χ0v) is 23.1. The first kappa shape index (κ1) is 33.2. The van der Waals surface area contributed by atoms with Crippen LogP contribution in [0.5, 0.6) is 0 Å². The van der Waals surface area contributed by atoms with Crippen LogP contribution in [0, 0.1) is 11.3 Å². The topological polar surface area (TPSA) is 76.6 Å². The van der Waals surface area contributed by atoms with Crippen molar-refractivity contribution in [1.82, 2.24) is 19.6 Å². The third-order valence-electron chi connectivity index (χ3n) is 8.67. The molecule has 0 radical (unpaired) electrons. The lowest BCUT2D eigenvalue weighted by molar-refractivity contribution is -0.308. The number of likely N-dealkylation sites (tertiary alicyclic amines) is 2. The van der Waals surface area contributed by atoms with Crippen molar-refractivity contribution in [3.8, 4) is 0 Å². The summed E-state index contributed by atoms with van der Waals surface area (Å²) in [6.45, 7) is 2.03. The molecule has 4 aliphatic rings. The van der Waals surface area contributed by atoms with Gasteiger partial charge < -0.3 is 19.6 Å². The highest BCUT2D eigenvalue weighted by molar-refractivity contribution is 5.69. The SMILES string of the molecule is O=C(O)CN1CCC2(CC1)CCN(C1=C(CN3CCN(C(=O)OC(C(F)(F)F)C(F)(F)F)CC3)C=CC(C(F)(F)F)C1)C2. The molecule has 43 heavy (non-hydrogen) atoms. The molecule has 1 aliphatic carbocycles. The van der Waals surface area contributed by atoms with Crippen LogP contribution in [0.4, 0.5) is 44.3 Å². The van der Waals surface area contributed by atoms with Gasteiger partial charge in [-0.15, -0.1) is 0 Å². The van der Waals surface area contributed by atoms with E-state index in [0.29, 0.717) is 37.4 Å². The van der Waals surface area contributed by atoms with Crippen molar-refractivity contribution in [2.45, 2.75) is 50.3 Å². The number of aliphatic carboxylic acids is 1. The molecule has 8 nitrogen and oxygen atoms in total. The molecule has 3 aliphatic heterocycles. The van der Waals surface area contributed by atoms with Gasteiger partial charge in [-0.05, 0) is 43.3 Å². The Bertz CT molecular complexity index is 1080. The van der Waals surface area contributed by atoms with Crippen LogP contribution >= 0.6 is 0 Å². The summed E-state index contributed by atoms with van der Waals surface area (Å²) in [5.41, 5.74) is 1.03. The Morgan fingerprint density at radius 3 is 2.00 bits per heavy atom. The molecule has 244 valence electrons. The van der Waals surface area contributed by atoms with Crippen LogP contribution < -0.4 is 0 Å². The van der Waals surface area contributed by atoms with E-state index in [0.717, 1.165) is 30.2 Å². The maximum Gasteiger partial charge on any atom is 0.434 e. The number of allylic oxidation sites excluding steroid dienone is 2. The summed E-state index contributed by atoms with van der Waals surface area (Å²) in [5, 5.41) is 9.06. The normalized spacial score (nSPS) is 24.4. The summed E-state index contributed by atoms with van der Waals surface area (Å²) in [4.78, 5) is 29.5. The third-order valence-corrected chi connectivity index (χ3v) is 8.67. The molecule has 4 rings (SSSR count). The van der Waals surface area contributed by atoms with Gasteiger partial charge in [-0.2, -0.15) is 39.5 Å². The maximum absolute atomic E-state index is 13.7. The van der Waals surface area contributed by atoms with Gasteiger partial charge in [-0.1, -0.05) is 12.2 Å². The van der Waals surface area contributed by atoms with Crippen LogP contribution in [0.15, 0.2) is 23.4 Å². The van der Waals surface area contributed by atoms with E-state index in [1.807, 2.05) is 9.80 Å². The first-order chi connectivity index (χ1) is 19.9. The summed E-state index contributed by atoms with van der Waals surface area (Å²) in [6, 6.07) is 0. The number of hydrogen-bond donors (Lipinski definition) is 1. The number of alkyl halides is 9. The van der Waals surface area contributed by atoms with Gasteiger partial charge >= 0.3 is 30.6 Å². The van der Waals surface area contributed by atoms with Gasteiger partial charge in [0.25, 0.3) is 6.10 Å². The number of carboxylic acid groups (broad SMARTS) is 1. The quantitative estimate of drug-likeness (QED) is 0.431. The molecule has 3 fully saturated rings. The second-order valence-corrected chi connectivity index (χ2v) is 11.6. The van der Waals surface area contributed by atoms with Crippen LogP contribution in [-0.4, -0.2) is 127 Å². The van der Waals surface area contributed by atoms with Gasteiger partial charge in [0.1, 0.15) is 0 Å². The average Bonchev–Trinajstić information content (AvgIpc) is 3.30. The van der Waals surface area contributed by atoms with Crippen molar-refractivity contribution in [2.75, 3.05) is 65.4 Å². The minimum Gasteiger partial charge on any atom is -0.480 e. The van der Waals surface area contributed by atoms with Crippen molar-refractivity contribution in [3.05, 3.63) is 23.4 Å². The molecular formula is C26H33F9N4O4. The van der Waals surface area contributed by atoms with Crippen molar-refractivity contribution in [3.63, 3.8) is 0 Å². The van der Waals surface area contributed by atoms with Crippen LogP contribution in [0.3, 0.4) is 0 Å². The molecule has 0 aromatic heterocycles. The predicted octanol–water partition coefficient (Wildman–Crippen LogP) is 4.50. The van der Waals surface area contributed by atoms with Gasteiger partial charge in [0, 0.05) is 57.9 Å². The van der Waals surface area contributed by atoms with E-state index in [-0.39, 0.29) is 51.1 Å². The molecule has 1 atom stereocenters. The molecule has 1 unspecified atom stereocenters. The van der Waals surface area contributed by atoms with Crippen LogP contribution in [-0.2, 0) is 9.53 Å². The fraction of sp³-hybridized carbons (Fsp3) is 0.769. The predicted molar refractivity (Wildman–Crippen MR) is 133 cm³/mol. The van der Waals surface area contributed by atoms with Crippen molar-refractivity contribution >= 4 is 12.1 Å². The fourth-order valence-corrected chi connectivity index (χ4v) is 6.21. The Morgan fingerprint density at radius 1 is 0.884 bits per heavy atom. The number of hydrogen-bond acceptors (Lipinski definition) is 6. The molecule has 0 aromatic carbocycles. The van der Waals surface area contributed by atoms with Crippen molar-refractivity contribution in [1.29, 1.82) is 0 Å². The number of halogens is 9. The highest BCUT2D eigenvalue weighted by Gasteiger charge is 2.60. The lowest BCUT2D eigenvalue weighted by Crippen LogP contribution is -2.53. The number of nitrogens with zero attached hydrogens (tertiary/aromatic N) is 4. The lowest BCUT2D eigenvalue weighted by Gasteiger charge is -2.40. The number of carbonyl (C=O) groups excluding carboxylic acids is 1. The molecule has 1 spiro atoms. The minimum atomic E-state index is -5.83. The Hall–Kier alpha value is -2.69. The Balaban J connectivity index is 1.40. The smallest absolute Gasteiger partial charge is 0.434 e. The number of piperazine rings is 1. The van der Waals surface area contributed by atoms with E-state index in [2.05, 4.69) is 4.74 Å². The number of amides is 1. The number of carboxylic acids is 1. The molecule has 0 aromatic rings. The molecule has 1 N–H and O–H groups in total. The average molecular weight is 637 g/mol. The summed E-state index contributed by atoms with van der Waals surface area (Å²) in [5.74, 6) is -2.60. The fourth-order valence-electron chi connectivity index (χ4n) is 6.21. The first-order valence-electron chi connectivity index (χ1n) is 13.8. The summed E-state index contributed by atoms with van der Waals surface area (Å²) < 4.78 is 122. The van der Waals surface area contributed by atoms with E-state index in [1.165, 1.54) is 6.08 Å². The maximum atomic E-state index is 13.7. The van der Waals surface area contributed by atoms with E-state index in [1.54, 1.807) is 4.90 Å². The number of ether oxygens (including phenoxy) is 1. The van der Waals surface area contributed by atoms with Gasteiger partial charge in [0.15, 0.2) is 0 Å². The molecule has 0 bridgehead atoms. The van der Waals surface area contributed by atoms with Gasteiger partial charge in [-0.3, -0.25) is 14.6 Å². The summed E-state index contributed by atoms with van der Waals surface area (Å²) in [7, 11) is 0. The van der Waals surface area contributed by atoms with E-state index in [9.17, 15) is 49.1 Å². The Labute approximate surface area is 241 Å². The molecule has 0 saturated carbocycles. The van der Waals surface area contributed by atoms with Crippen LogP contribution in [0.2, 0.25) is 0 Å². The number of carbonyl (C=O) groups is 2. The van der Waals surface area contributed by atoms with Gasteiger partial charge in [0.05, 0.1) is 12.5 Å². The van der Waals surface area contributed by atoms with Crippen LogP contribution in [0.25, 0.3) is 0 Å². The van der Waals surface area contributed by atoms with Crippen molar-refractivity contribution < 1.29 is 58.9 Å². The lowest BCUT2D eigenvalue weighted by atomic mass is 9.77. The molecule has 3 saturated heterocycles. The zero-order chi connectivity index (χ0) is 31.8. The Morgan fingerprint density at radius 2 is 1.47 bits per heavy atom. The van der Waals surface area contributed by atoms with Crippen LogP contribution in [0.1, 0.15) is 25.7 Å². The molecule has 17 heteroatoms. The molecular weight excluding hydrogens is 603 g/mol. The van der Waals surface area contributed by atoms with E-state index < -0.39 is 42.6 Å². The zero-order valence-electron chi connectivity index (χ0n) is 23.1. The van der Waals surface area contributed by atoms with Crippen molar-refractivity contribution in [2.24, 2.45) is 11.3 Å². The second kappa shape index (κ2) is 12.4. The highest BCUT2D eigenvalue weighted by atomic mass is 19.4. The second-order valence-electron chi connectivity index (χ2n) is 11.6. The van der Waals surface area contributed by atoms with E-state index >= 15 is 0 Å². The Kier molecular flexibility index (Phi) is 9.55. The van der Waals surface area contributed by atoms with E-state index in [4.69, 9.17) is 5.11 Å². The largest absolute Gasteiger partial charge is 0.480 e. The molecule has 3 heterocycles. The van der Waals surface area contributed by atoms with Gasteiger partial charge in [-0.25, -0.2) is 4.79 Å². The number of piperidine rings is 1. The number of rotatable bonds is 6. The first-order valence-corrected chi connectivity index (χ1v) is 13.8. The van der Waals surface area contributed by atoms with Gasteiger partial charge in [0.2, 0.25) is 0 Å². The standard InChI is InChI=1S/C26H33F9N4O4/c27-24(28,29)18-2-1-17(19(13-18)39-8-5-23(16-39)3-6-36(7-4-23)15-20(40)41)14-37-9-11-38(12-10-37)22(42)43-21(25(30,31)32)26(33,34)35/h1-2,18,21H,3-16H2,(H,40,41). The molecule has 1 amide bonds. The third kappa shape index (κ3) is 8.28.